The van der Waals surface area contributed by atoms with E-state index in [4.69, 9.17) is 5.73 Å². The second-order valence-corrected chi connectivity index (χ2v) is 5.01. The molecule has 18 heavy (non-hydrogen) atoms. The van der Waals surface area contributed by atoms with Gasteiger partial charge in [0.15, 0.2) is 0 Å². The molecule has 0 atom stereocenters. The van der Waals surface area contributed by atoms with Gasteiger partial charge >= 0.3 is 0 Å². The van der Waals surface area contributed by atoms with Gasteiger partial charge in [0, 0.05) is 12.1 Å². The standard InChI is InChI=1S/C14H18FN3/c1-9(2)7-18-8-17-13(14(18)16)11-6-10(3)4-5-12(11)15/h4-6,8-9H,7,16H2,1-3H3. The minimum absolute atomic E-state index is 0.290. The van der Waals surface area contributed by atoms with Crippen LogP contribution in [-0.2, 0) is 6.54 Å². The van der Waals surface area contributed by atoms with Crippen LogP contribution in [0.2, 0.25) is 0 Å². The van der Waals surface area contributed by atoms with Crippen molar-refractivity contribution in [3.63, 3.8) is 0 Å². The lowest BCUT2D eigenvalue weighted by molar-refractivity contribution is 0.527. The molecule has 2 rings (SSSR count). The summed E-state index contributed by atoms with van der Waals surface area (Å²) >= 11 is 0. The normalized spacial score (nSPS) is 11.2. The maximum atomic E-state index is 13.8. The number of benzene rings is 1. The van der Waals surface area contributed by atoms with E-state index in [0.29, 0.717) is 23.0 Å². The van der Waals surface area contributed by atoms with Crippen molar-refractivity contribution in [1.82, 2.24) is 9.55 Å². The van der Waals surface area contributed by atoms with E-state index in [9.17, 15) is 4.39 Å². The molecule has 2 N–H and O–H groups in total. The Kier molecular flexibility index (Phi) is 3.36. The van der Waals surface area contributed by atoms with Gasteiger partial charge in [0.1, 0.15) is 17.3 Å². The highest BCUT2D eigenvalue weighted by atomic mass is 19.1. The SMILES string of the molecule is Cc1ccc(F)c(-c2ncn(CC(C)C)c2N)c1. The van der Waals surface area contributed by atoms with E-state index in [-0.39, 0.29) is 5.82 Å². The third-order valence-corrected chi connectivity index (χ3v) is 2.82. The smallest absolute Gasteiger partial charge is 0.132 e. The first-order valence-electron chi connectivity index (χ1n) is 6.06. The Morgan fingerprint density at radius 3 is 2.78 bits per heavy atom. The fraction of sp³-hybridized carbons (Fsp3) is 0.357. The average molecular weight is 247 g/mol. The first kappa shape index (κ1) is 12.6. The molecule has 0 aliphatic carbocycles. The first-order valence-corrected chi connectivity index (χ1v) is 6.06. The summed E-state index contributed by atoms with van der Waals surface area (Å²) in [6.07, 6.45) is 1.67. The molecule has 4 heteroatoms. The summed E-state index contributed by atoms with van der Waals surface area (Å²) in [5.74, 6) is 0.701. The van der Waals surface area contributed by atoms with Crippen LogP contribution >= 0.6 is 0 Å². The second-order valence-electron chi connectivity index (χ2n) is 5.01. The Bertz CT molecular complexity index is 558. The monoisotopic (exact) mass is 247 g/mol. The molecule has 0 radical (unpaired) electrons. The third kappa shape index (κ3) is 2.37. The fourth-order valence-electron chi connectivity index (χ4n) is 1.96. The maximum Gasteiger partial charge on any atom is 0.132 e. The molecule has 2 aromatic rings. The summed E-state index contributed by atoms with van der Waals surface area (Å²) in [4.78, 5) is 4.24. The molecule has 1 heterocycles. The van der Waals surface area contributed by atoms with Crippen LogP contribution in [0.25, 0.3) is 11.3 Å². The Labute approximate surface area is 106 Å². The number of rotatable bonds is 3. The Morgan fingerprint density at radius 2 is 2.11 bits per heavy atom. The van der Waals surface area contributed by atoms with Crippen LogP contribution in [0.4, 0.5) is 10.2 Å². The summed E-state index contributed by atoms with van der Waals surface area (Å²) in [5, 5.41) is 0. The molecule has 0 fully saturated rings. The molecule has 0 aliphatic rings. The van der Waals surface area contributed by atoms with Crippen LogP contribution in [0.1, 0.15) is 19.4 Å². The van der Waals surface area contributed by atoms with Gasteiger partial charge in [-0.2, -0.15) is 0 Å². The molecule has 3 nitrogen and oxygen atoms in total. The number of halogens is 1. The fourth-order valence-corrected chi connectivity index (χ4v) is 1.96. The van der Waals surface area contributed by atoms with Crippen molar-refractivity contribution in [1.29, 1.82) is 0 Å². The number of aromatic nitrogens is 2. The largest absolute Gasteiger partial charge is 0.383 e. The number of anilines is 1. The molecular weight excluding hydrogens is 229 g/mol. The van der Waals surface area contributed by atoms with Gasteiger partial charge in [-0.25, -0.2) is 9.37 Å². The van der Waals surface area contributed by atoms with Crippen molar-refractivity contribution in [2.75, 3.05) is 5.73 Å². The summed E-state index contributed by atoms with van der Waals surface area (Å²) in [6, 6.07) is 4.96. The van der Waals surface area contributed by atoms with E-state index in [1.165, 1.54) is 6.07 Å². The number of imidazole rings is 1. The minimum Gasteiger partial charge on any atom is -0.383 e. The molecule has 0 aliphatic heterocycles. The van der Waals surface area contributed by atoms with Crippen molar-refractivity contribution in [3.8, 4) is 11.3 Å². The van der Waals surface area contributed by atoms with Crippen LogP contribution in [0.15, 0.2) is 24.5 Å². The molecule has 0 saturated heterocycles. The van der Waals surface area contributed by atoms with Crippen molar-refractivity contribution in [2.24, 2.45) is 5.92 Å². The van der Waals surface area contributed by atoms with Crippen molar-refractivity contribution >= 4 is 5.82 Å². The van der Waals surface area contributed by atoms with Crippen LogP contribution in [0.3, 0.4) is 0 Å². The van der Waals surface area contributed by atoms with E-state index in [2.05, 4.69) is 18.8 Å². The minimum atomic E-state index is -0.290. The van der Waals surface area contributed by atoms with Gasteiger partial charge in [-0.3, -0.25) is 0 Å². The van der Waals surface area contributed by atoms with Gasteiger partial charge < -0.3 is 10.3 Å². The number of nitrogen functional groups attached to an aromatic ring is 1. The van der Waals surface area contributed by atoms with Crippen molar-refractivity contribution in [2.45, 2.75) is 27.3 Å². The molecule has 0 bridgehead atoms. The molecule has 0 unspecified atom stereocenters. The number of nitrogens with two attached hydrogens (primary N) is 1. The molecule has 0 saturated carbocycles. The zero-order valence-corrected chi connectivity index (χ0v) is 10.9. The van der Waals surface area contributed by atoms with Crippen molar-refractivity contribution in [3.05, 3.63) is 35.9 Å². The topological polar surface area (TPSA) is 43.8 Å². The molecule has 96 valence electrons. The number of hydrogen-bond acceptors (Lipinski definition) is 2. The number of hydrogen-bond donors (Lipinski definition) is 1. The van der Waals surface area contributed by atoms with Crippen LogP contribution in [0, 0.1) is 18.7 Å². The highest BCUT2D eigenvalue weighted by Crippen LogP contribution is 2.28. The van der Waals surface area contributed by atoms with Crippen LogP contribution in [0.5, 0.6) is 0 Å². The van der Waals surface area contributed by atoms with E-state index in [0.717, 1.165) is 12.1 Å². The molecule has 0 amide bonds. The zero-order valence-electron chi connectivity index (χ0n) is 10.9. The quantitative estimate of drug-likeness (QED) is 0.904. The highest BCUT2D eigenvalue weighted by Gasteiger charge is 2.14. The third-order valence-electron chi connectivity index (χ3n) is 2.82. The zero-order chi connectivity index (χ0) is 13.3. The van der Waals surface area contributed by atoms with E-state index >= 15 is 0 Å². The molecule has 1 aromatic carbocycles. The number of nitrogens with zero attached hydrogens (tertiary/aromatic N) is 2. The second kappa shape index (κ2) is 4.80. The summed E-state index contributed by atoms with van der Waals surface area (Å²) in [7, 11) is 0. The Morgan fingerprint density at radius 1 is 1.39 bits per heavy atom. The maximum absolute atomic E-state index is 13.8. The lowest BCUT2D eigenvalue weighted by Gasteiger charge is -2.08. The molecule has 1 aromatic heterocycles. The summed E-state index contributed by atoms with van der Waals surface area (Å²) < 4.78 is 15.7. The average Bonchev–Trinajstić information content (AvgIpc) is 2.64. The van der Waals surface area contributed by atoms with Crippen molar-refractivity contribution < 1.29 is 4.39 Å². The lowest BCUT2D eigenvalue weighted by Crippen LogP contribution is -2.07. The lowest BCUT2D eigenvalue weighted by atomic mass is 10.1. The summed E-state index contributed by atoms with van der Waals surface area (Å²) in [5.41, 5.74) is 8.02. The predicted molar refractivity (Wildman–Crippen MR) is 71.6 cm³/mol. The Hall–Kier alpha value is -1.84. The van der Waals surface area contributed by atoms with Gasteiger partial charge in [0.25, 0.3) is 0 Å². The summed E-state index contributed by atoms with van der Waals surface area (Å²) in [6.45, 7) is 6.91. The van der Waals surface area contributed by atoms with E-state index in [1.807, 2.05) is 11.5 Å². The van der Waals surface area contributed by atoms with Crippen LogP contribution in [-0.4, -0.2) is 9.55 Å². The first-order chi connectivity index (χ1) is 8.49. The number of aryl methyl sites for hydroxylation is 1. The predicted octanol–water partition coefficient (Wildman–Crippen LogP) is 3.24. The van der Waals surface area contributed by atoms with Gasteiger partial charge in [-0.05, 0) is 25.0 Å². The van der Waals surface area contributed by atoms with Gasteiger partial charge in [0.2, 0.25) is 0 Å². The highest BCUT2D eigenvalue weighted by molar-refractivity contribution is 5.71. The Balaban J connectivity index is 2.45. The van der Waals surface area contributed by atoms with Gasteiger partial charge in [0.05, 0.1) is 6.33 Å². The van der Waals surface area contributed by atoms with Gasteiger partial charge in [-0.15, -0.1) is 0 Å². The van der Waals surface area contributed by atoms with E-state index < -0.39 is 0 Å². The van der Waals surface area contributed by atoms with Crippen LogP contribution < -0.4 is 5.73 Å². The van der Waals surface area contributed by atoms with Gasteiger partial charge in [-0.1, -0.05) is 25.5 Å². The van der Waals surface area contributed by atoms with E-state index in [1.54, 1.807) is 18.5 Å². The molecular formula is C14H18FN3. The molecule has 0 spiro atoms.